The number of thioether (sulfide) groups is 1. The van der Waals surface area contributed by atoms with Gasteiger partial charge >= 0.3 is 0 Å². The summed E-state index contributed by atoms with van der Waals surface area (Å²) < 4.78 is 5.06. The Kier molecular flexibility index (Phi) is 3.50. The molecule has 0 unspecified atom stereocenters. The van der Waals surface area contributed by atoms with E-state index in [-0.39, 0.29) is 0 Å². The van der Waals surface area contributed by atoms with E-state index < -0.39 is 0 Å². The molecule has 0 radical (unpaired) electrons. The van der Waals surface area contributed by atoms with Gasteiger partial charge in [0.25, 0.3) is 5.22 Å². The van der Waals surface area contributed by atoms with Crippen LogP contribution < -0.4 is 0 Å². The maximum atomic E-state index is 7.98. The van der Waals surface area contributed by atoms with E-state index in [1.807, 2.05) is 6.92 Å². The van der Waals surface area contributed by atoms with Gasteiger partial charge in [0.05, 0.1) is 5.69 Å². The molecular weight excluding hydrogens is 176 g/mol. The molecule has 0 atom stereocenters. The Balaban J connectivity index is 2.28. The second kappa shape index (κ2) is 4.69. The van der Waals surface area contributed by atoms with Crippen LogP contribution in [0, 0.1) is 6.92 Å². The molecule has 0 aromatic carbocycles. The smallest absolute Gasteiger partial charge is 0.255 e. The molecule has 0 spiro atoms. The molecule has 5 nitrogen and oxygen atoms in total. The molecule has 0 N–H and O–H groups in total. The van der Waals surface area contributed by atoms with E-state index in [1.165, 1.54) is 11.8 Å². The standard InChI is InChI=1S/C6H8N4OS/c1-5-4-11-6(9-5)12-3-2-8-10-7/h4H,2-3H2,1H3. The third kappa shape index (κ3) is 2.86. The molecule has 0 aliphatic carbocycles. The predicted octanol–water partition coefficient (Wildman–Crippen LogP) is 2.39. The lowest BCUT2D eigenvalue weighted by atomic mass is 10.6. The quantitative estimate of drug-likeness (QED) is 0.237. The first-order valence-corrected chi connectivity index (χ1v) is 4.37. The van der Waals surface area contributed by atoms with Gasteiger partial charge in [-0.1, -0.05) is 16.9 Å². The molecule has 0 aliphatic rings. The normalized spacial score (nSPS) is 9.42. The van der Waals surface area contributed by atoms with Gasteiger partial charge in [-0.15, -0.1) is 0 Å². The number of nitrogens with zero attached hydrogens (tertiary/aromatic N) is 4. The fraction of sp³-hybridized carbons (Fsp3) is 0.500. The van der Waals surface area contributed by atoms with Crippen molar-refractivity contribution in [1.82, 2.24) is 4.98 Å². The number of azide groups is 1. The number of oxazole rings is 1. The van der Waals surface area contributed by atoms with Crippen molar-refractivity contribution >= 4 is 11.8 Å². The second-order valence-corrected chi connectivity index (χ2v) is 3.10. The van der Waals surface area contributed by atoms with Crippen LogP contribution in [0.25, 0.3) is 10.4 Å². The summed E-state index contributed by atoms with van der Waals surface area (Å²) in [4.78, 5) is 6.70. The molecule has 1 rings (SSSR count). The maximum absolute atomic E-state index is 7.98. The lowest BCUT2D eigenvalue weighted by Crippen LogP contribution is -1.82. The van der Waals surface area contributed by atoms with Gasteiger partial charge in [0.2, 0.25) is 0 Å². The van der Waals surface area contributed by atoms with Crippen molar-refractivity contribution in [1.29, 1.82) is 0 Å². The summed E-state index contributed by atoms with van der Waals surface area (Å²) in [5, 5.41) is 4.01. The van der Waals surface area contributed by atoms with Gasteiger partial charge in [-0.25, -0.2) is 4.98 Å². The van der Waals surface area contributed by atoms with E-state index in [0.29, 0.717) is 17.5 Å². The Morgan fingerprint density at radius 1 is 1.83 bits per heavy atom. The van der Waals surface area contributed by atoms with E-state index in [0.717, 1.165) is 5.69 Å². The molecule has 0 fully saturated rings. The summed E-state index contributed by atoms with van der Waals surface area (Å²) in [6, 6.07) is 0. The van der Waals surface area contributed by atoms with Gasteiger partial charge in [0, 0.05) is 17.2 Å². The maximum Gasteiger partial charge on any atom is 0.255 e. The van der Waals surface area contributed by atoms with E-state index in [1.54, 1.807) is 6.26 Å². The fourth-order valence-corrected chi connectivity index (χ4v) is 1.29. The summed E-state index contributed by atoms with van der Waals surface area (Å²) >= 11 is 1.44. The Morgan fingerprint density at radius 2 is 2.67 bits per heavy atom. The molecule has 0 saturated heterocycles. The van der Waals surface area contributed by atoms with Gasteiger partial charge in [-0.05, 0) is 12.5 Å². The summed E-state index contributed by atoms with van der Waals surface area (Å²) in [6.45, 7) is 2.32. The average molecular weight is 184 g/mol. The third-order valence-corrected chi connectivity index (χ3v) is 1.90. The van der Waals surface area contributed by atoms with Crippen molar-refractivity contribution in [2.24, 2.45) is 5.11 Å². The summed E-state index contributed by atoms with van der Waals surface area (Å²) in [7, 11) is 0. The zero-order valence-corrected chi connectivity index (χ0v) is 7.41. The Morgan fingerprint density at radius 3 is 3.25 bits per heavy atom. The van der Waals surface area contributed by atoms with E-state index in [2.05, 4.69) is 15.0 Å². The summed E-state index contributed by atoms with van der Waals surface area (Å²) in [6.07, 6.45) is 1.59. The Hall–Kier alpha value is -1.13. The number of rotatable bonds is 4. The van der Waals surface area contributed by atoms with Gasteiger partial charge in [-0.2, -0.15) is 0 Å². The minimum Gasteiger partial charge on any atom is -0.440 e. The minimum absolute atomic E-state index is 0.461. The lowest BCUT2D eigenvalue weighted by Gasteiger charge is -1.89. The van der Waals surface area contributed by atoms with Crippen LogP contribution in [-0.4, -0.2) is 17.3 Å². The highest BCUT2D eigenvalue weighted by Crippen LogP contribution is 2.15. The van der Waals surface area contributed by atoms with Crippen LogP contribution in [0.3, 0.4) is 0 Å². The molecule has 1 aromatic heterocycles. The van der Waals surface area contributed by atoms with Crippen molar-refractivity contribution in [3.8, 4) is 0 Å². The molecular formula is C6H8N4OS. The summed E-state index contributed by atoms with van der Waals surface area (Å²) in [5.74, 6) is 0.698. The molecule has 0 amide bonds. The number of hydrogen-bond acceptors (Lipinski definition) is 4. The van der Waals surface area contributed by atoms with Crippen LogP contribution in [0.2, 0.25) is 0 Å². The molecule has 0 bridgehead atoms. The van der Waals surface area contributed by atoms with Crippen molar-refractivity contribution in [2.45, 2.75) is 12.1 Å². The van der Waals surface area contributed by atoms with Crippen LogP contribution in [0.5, 0.6) is 0 Å². The first kappa shape index (κ1) is 8.96. The number of aryl methyl sites for hydroxylation is 1. The zero-order valence-electron chi connectivity index (χ0n) is 6.60. The van der Waals surface area contributed by atoms with Crippen molar-refractivity contribution in [3.63, 3.8) is 0 Å². The molecule has 1 heterocycles. The van der Waals surface area contributed by atoms with Gasteiger partial charge in [-0.3, -0.25) is 0 Å². The molecule has 12 heavy (non-hydrogen) atoms. The van der Waals surface area contributed by atoms with Crippen LogP contribution in [0.15, 0.2) is 21.0 Å². The first-order chi connectivity index (χ1) is 5.83. The monoisotopic (exact) mass is 184 g/mol. The molecule has 64 valence electrons. The Labute approximate surface area is 73.8 Å². The highest BCUT2D eigenvalue weighted by molar-refractivity contribution is 7.99. The lowest BCUT2D eigenvalue weighted by molar-refractivity contribution is 0.454. The highest BCUT2D eigenvalue weighted by Gasteiger charge is 1.99. The van der Waals surface area contributed by atoms with E-state index >= 15 is 0 Å². The highest BCUT2D eigenvalue weighted by atomic mass is 32.2. The molecule has 0 aliphatic heterocycles. The van der Waals surface area contributed by atoms with Crippen molar-refractivity contribution in [3.05, 3.63) is 22.4 Å². The van der Waals surface area contributed by atoms with Crippen LogP contribution >= 0.6 is 11.8 Å². The third-order valence-electron chi connectivity index (χ3n) is 1.08. The van der Waals surface area contributed by atoms with E-state index in [9.17, 15) is 0 Å². The fourth-order valence-electron chi connectivity index (χ4n) is 0.617. The Bertz CT molecular complexity index is 291. The zero-order chi connectivity index (χ0) is 8.81. The number of hydrogen-bond donors (Lipinski definition) is 0. The van der Waals surface area contributed by atoms with Gasteiger partial charge in [0.1, 0.15) is 6.26 Å². The topological polar surface area (TPSA) is 74.8 Å². The molecule has 6 heteroatoms. The molecule has 1 aromatic rings. The van der Waals surface area contributed by atoms with E-state index in [4.69, 9.17) is 9.95 Å². The van der Waals surface area contributed by atoms with Crippen molar-refractivity contribution in [2.75, 3.05) is 12.3 Å². The van der Waals surface area contributed by atoms with Gasteiger partial charge in [0.15, 0.2) is 0 Å². The first-order valence-electron chi connectivity index (χ1n) is 3.38. The second-order valence-electron chi connectivity index (χ2n) is 2.06. The minimum atomic E-state index is 0.461. The number of aromatic nitrogens is 1. The van der Waals surface area contributed by atoms with Gasteiger partial charge < -0.3 is 4.42 Å². The predicted molar refractivity (Wildman–Crippen MR) is 46.0 cm³/mol. The van der Waals surface area contributed by atoms with Crippen LogP contribution in [-0.2, 0) is 0 Å². The summed E-state index contributed by atoms with van der Waals surface area (Å²) in [5.41, 5.74) is 8.84. The largest absolute Gasteiger partial charge is 0.440 e. The SMILES string of the molecule is Cc1coc(SCCN=[N+]=[N-])n1. The average Bonchev–Trinajstić information content (AvgIpc) is 2.45. The van der Waals surface area contributed by atoms with Crippen LogP contribution in [0.4, 0.5) is 0 Å². The van der Waals surface area contributed by atoms with Crippen LogP contribution in [0.1, 0.15) is 5.69 Å². The molecule has 0 saturated carbocycles. The van der Waals surface area contributed by atoms with Crippen molar-refractivity contribution < 1.29 is 4.42 Å².